The van der Waals surface area contributed by atoms with E-state index in [0.717, 1.165) is 5.56 Å². The first kappa shape index (κ1) is 21.3. The van der Waals surface area contributed by atoms with E-state index in [9.17, 15) is 18.8 Å². The van der Waals surface area contributed by atoms with Crippen LogP contribution < -0.4 is 15.0 Å². The minimum Gasteiger partial charge on any atom is -0.495 e. The number of carbonyl (C=O) groups excluding carboxylic acids is 3. The van der Waals surface area contributed by atoms with Crippen LogP contribution in [-0.2, 0) is 19.1 Å². The molecule has 0 radical (unpaired) electrons. The van der Waals surface area contributed by atoms with Crippen LogP contribution in [0.2, 0.25) is 0 Å². The number of hydrogen-bond donors (Lipinski definition) is 1. The van der Waals surface area contributed by atoms with Crippen LogP contribution in [0.4, 0.5) is 15.8 Å². The summed E-state index contributed by atoms with van der Waals surface area (Å²) >= 11 is 0. The molecule has 2 amide bonds. The van der Waals surface area contributed by atoms with Gasteiger partial charge in [-0.2, -0.15) is 0 Å². The summed E-state index contributed by atoms with van der Waals surface area (Å²) in [7, 11) is 1.49. The standard InChI is InChI=1S/C22H23FN2O5/c1-13-8-9-19(29-3)17(10-13)24-21(27)14(2)30-22(28)15-11-20(26)25(12-15)18-7-5-4-6-16(18)23/h4-10,14-15H,11-12H2,1-3H3,(H,24,27)/t14-,15+/m0/s1. The average molecular weight is 414 g/mol. The summed E-state index contributed by atoms with van der Waals surface area (Å²) in [6, 6.07) is 11.2. The zero-order valence-electron chi connectivity index (χ0n) is 17.0. The van der Waals surface area contributed by atoms with Crippen LogP contribution in [0.3, 0.4) is 0 Å². The lowest BCUT2D eigenvalue weighted by molar-refractivity contribution is -0.157. The topological polar surface area (TPSA) is 84.9 Å². The van der Waals surface area contributed by atoms with E-state index in [1.165, 1.54) is 37.1 Å². The Balaban J connectivity index is 1.62. The number of rotatable bonds is 6. The summed E-state index contributed by atoms with van der Waals surface area (Å²) in [5, 5.41) is 2.68. The van der Waals surface area contributed by atoms with Gasteiger partial charge < -0.3 is 19.7 Å². The number of nitrogens with one attached hydrogen (secondary N) is 1. The Labute approximate surface area is 173 Å². The molecule has 7 nitrogen and oxygen atoms in total. The molecule has 3 rings (SSSR count). The maximum Gasteiger partial charge on any atom is 0.312 e. The van der Waals surface area contributed by atoms with E-state index in [1.54, 1.807) is 18.2 Å². The van der Waals surface area contributed by atoms with Crippen molar-refractivity contribution in [2.75, 3.05) is 23.9 Å². The van der Waals surface area contributed by atoms with Crippen molar-refractivity contribution < 1.29 is 28.2 Å². The van der Waals surface area contributed by atoms with Crippen LogP contribution in [-0.4, -0.2) is 37.5 Å². The fourth-order valence-corrected chi connectivity index (χ4v) is 3.25. The number of aryl methyl sites for hydroxylation is 1. The highest BCUT2D eigenvalue weighted by Crippen LogP contribution is 2.29. The lowest BCUT2D eigenvalue weighted by atomic mass is 10.1. The lowest BCUT2D eigenvalue weighted by Crippen LogP contribution is -2.33. The molecule has 1 saturated heterocycles. The van der Waals surface area contributed by atoms with Gasteiger partial charge in [-0.25, -0.2) is 4.39 Å². The Morgan fingerprint density at radius 3 is 2.67 bits per heavy atom. The van der Waals surface area contributed by atoms with Crippen LogP contribution >= 0.6 is 0 Å². The van der Waals surface area contributed by atoms with Gasteiger partial charge in [0.25, 0.3) is 5.91 Å². The second-order valence-corrected chi connectivity index (χ2v) is 7.13. The summed E-state index contributed by atoms with van der Waals surface area (Å²) in [4.78, 5) is 38.5. The highest BCUT2D eigenvalue weighted by atomic mass is 19.1. The third-order valence-electron chi connectivity index (χ3n) is 4.88. The SMILES string of the molecule is COc1ccc(C)cc1NC(=O)[C@H](C)OC(=O)[C@@H]1CC(=O)N(c2ccccc2F)C1. The number of benzene rings is 2. The predicted octanol–water partition coefficient (Wildman–Crippen LogP) is 3.07. The van der Waals surface area contributed by atoms with Gasteiger partial charge in [-0.05, 0) is 43.7 Å². The zero-order chi connectivity index (χ0) is 21.8. The molecule has 2 aromatic carbocycles. The third-order valence-corrected chi connectivity index (χ3v) is 4.88. The number of ether oxygens (including phenoxy) is 2. The number of halogens is 1. The number of carbonyl (C=O) groups is 3. The van der Waals surface area contributed by atoms with Crippen LogP contribution in [0.1, 0.15) is 18.9 Å². The first-order valence-corrected chi connectivity index (χ1v) is 9.51. The van der Waals surface area contributed by atoms with Crippen LogP contribution in [0.15, 0.2) is 42.5 Å². The molecular formula is C22H23FN2O5. The summed E-state index contributed by atoms with van der Waals surface area (Å²) in [6.45, 7) is 3.32. The van der Waals surface area contributed by atoms with Crippen molar-refractivity contribution in [1.29, 1.82) is 0 Å². The molecule has 1 aliphatic rings. The van der Waals surface area contributed by atoms with Gasteiger partial charge in [0.1, 0.15) is 11.6 Å². The van der Waals surface area contributed by atoms with E-state index in [1.807, 2.05) is 13.0 Å². The van der Waals surface area contributed by atoms with Crippen molar-refractivity contribution in [1.82, 2.24) is 0 Å². The van der Waals surface area contributed by atoms with Gasteiger partial charge in [0.05, 0.1) is 24.4 Å². The van der Waals surface area contributed by atoms with Crippen molar-refractivity contribution in [3.05, 3.63) is 53.8 Å². The van der Waals surface area contributed by atoms with Crippen molar-refractivity contribution in [3.63, 3.8) is 0 Å². The molecule has 8 heteroatoms. The van der Waals surface area contributed by atoms with E-state index in [4.69, 9.17) is 9.47 Å². The van der Waals surface area contributed by atoms with Gasteiger partial charge in [0, 0.05) is 13.0 Å². The minimum atomic E-state index is -1.08. The lowest BCUT2D eigenvalue weighted by Gasteiger charge is -2.19. The average Bonchev–Trinajstić information content (AvgIpc) is 3.10. The summed E-state index contributed by atoms with van der Waals surface area (Å²) in [6.07, 6.45) is -1.19. The summed E-state index contributed by atoms with van der Waals surface area (Å²) in [5.74, 6) is -2.41. The monoisotopic (exact) mass is 414 g/mol. The quantitative estimate of drug-likeness (QED) is 0.735. The largest absolute Gasteiger partial charge is 0.495 e. The smallest absolute Gasteiger partial charge is 0.312 e. The highest BCUT2D eigenvalue weighted by molar-refractivity contribution is 6.00. The number of esters is 1. The Morgan fingerprint density at radius 2 is 1.97 bits per heavy atom. The van der Waals surface area contributed by atoms with Gasteiger partial charge in [-0.3, -0.25) is 14.4 Å². The Kier molecular flexibility index (Phi) is 6.34. The molecule has 0 saturated carbocycles. The highest BCUT2D eigenvalue weighted by Gasteiger charge is 2.38. The first-order chi connectivity index (χ1) is 14.3. The molecule has 1 N–H and O–H groups in total. The van der Waals surface area contributed by atoms with Gasteiger partial charge in [0.15, 0.2) is 6.10 Å². The molecule has 0 aromatic heterocycles. The Morgan fingerprint density at radius 1 is 1.23 bits per heavy atom. The Bertz CT molecular complexity index is 978. The fraction of sp³-hybridized carbons (Fsp3) is 0.318. The van der Waals surface area contributed by atoms with E-state index in [0.29, 0.717) is 11.4 Å². The minimum absolute atomic E-state index is 0.00135. The molecule has 1 heterocycles. The zero-order valence-corrected chi connectivity index (χ0v) is 17.0. The van der Waals surface area contributed by atoms with Crippen molar-refractivity contribution in [2.45, 2.75) is 26.4 Å². The molecule has 0 aliphatic carbocycles. The summed E-state index contributed by atoms with van der Waals surface area (Å²) < 4.78 is 24.5. The second kappa shape index (κ2) is 8.94. The second-order valence-electron chi connectivity index (χ2n) is 7.13. The van der Waals surface area contributed by atoms with Crippen LogP contribution in [0, 0.1) is 18.7 Å². The maximum absolute atomic E-state index is 14.0. The van der Waals surface area contributed by atoms with E-state index < -0.39 is 29.7 Å². The third kappa shape index (κ3) is 4.59. The van der Waals surface area contributed by atoms with Crippen LogP contribution in [0.25, 0.3) is 0 Å². The van der Waals surface area contributed by atoms with E-state index >= 15 is 0 Å². The molecule has 0 spiro atoms. The molecule has 1 aliphatic heterocycles. The molecule has 2 aromatic rings. The van der Waals surface area contributed by atoms with E-state index in [2.05, 4.69) is 5.32 Å². The van der Waals surface area contributed by atoms with Gasteiger partial charge in [-0.1, -0.05) is 18.2 Å². The molecule has 1 fully saturated rings. The van der Waals surface area contributed by atoms with Crippen LogP contribution in [0.5, 0.6) is 5.75 Å². The number of methoxy groups -OCH3 is 1. The van der Waals surface area contributed by atoms with Crippen molar-refractivity contribution >= 4 is 29.2 Å². The van der Waals surface area contributed by atoms with Crippen molar-refractivity contribution in [2.24, 2.45) is 5.92 Å². The van der Waals surface area contributed by atoms with Gasteiger partial charge in [0.2, 0.25) is 5.91 Å². The first-order valence-electron chi connectivity index (χ1n) is 9.51. The predicted molar refractivity (Wildman–Crippen MR) is 109 cm³/mol. The van der Waals surface area contributed by atoms with Gasteiger partial charge in [-0.15, -0.1) is 0 Å². The van der Waals surface area contributed by atoms with E-state index in [-0.39, 0.29) is 24.6 Å². The molecule has 2 atom stereocenters. The normalized spacial score (nSPS) is 16.9. The van der Waals surface area contributed by atoms with Gasteiger partial charge >= 0.3 is 5.97 Å². The summed E-state index contributed by atoms with van der Waals surface area (Å²) in [5.41, 5.74) is 1.51. The number of amides is 2. The number of nitrogens with zero attached hydrogens (tertiary/aromatic N) is 1. The molecular weight excluding hydrogens is 391 g/mol. The maximum atomic E-state index is 14.0. The molecule has 0 bridgehead atoms. The fourth-order valence-electron chi connectivity index (χ4n) is 3.25. The number of hydrogen-bond acceptors (Lipinski definition) is 5. The molecule has 30 heavy (non-hydrogen) atoms. The van der Waals surface area contributed by atoms with Crippen molar-refractivity contribution in [3.8, 4) is 5.75 Å². The molecule has 158 valence electrons. The molecule has 0 unspecified atom stereocenters. The number of para-hydroxylation sites is 1. The Hall–Kier alpha value is -3.42. The number of anilines is 2.